The van der Waals surface area contributed by atoms with E-state index < -0.39 is 19.9 Å². The van der Waals surface area contributed by atoms with Gasteiger partial charge in [0, 0.05) is 23.3 Å². The second-order valence-corrected chi connectivity index (χ2v) is 18.2. The van der Waals surface area contributed by atoms with Crippen LogP contribution in [-0.4, -0.2) is 80.4 Å². The number of rotatable bonds is 10. The van der Waals surface area contributed by atoms with Crippen molar-refractivity contribution in [2.75, 3.05) is 38.8 Å². The molecule has 1 aromatic carbocycles. The second kappa shape index (κ2) is 13.3. The molecule has 1 aliphatic rings. The van der Waals surface area contributed by atoms with Gasteiger partial charge < -0.3 is 28.9 Å². The second-order valence-electron chi connectivity index (χ2n) is 13.1. The Labute approximate surface area is 251 Å². The number of carbonyl (C=O) groups is 1. The average Bonchev–Trinajstić information content (AvgIpc) is 3.39. The number of methoxy groups -OCH3 is 1. The van der Waals surface area contributed by atoms with E-state index in [9.17, 15) is 4.79 Å². The summed E-state index contributed by atoms with van der Waals surface area (Å²) in [5.41, 5.74) is 1.12. The molecule has 0 aliphatic carbocycles. The van der Waals surface area contributed by atoms with E-state index in [1.807, 2.05) is 52.0 Å². The molecule has 41 heavy (non-hydrogen) atoms. The van der Waals surface area contributed by atoms with Gasteiger partial charge in [-0.25, -0.2) is 14.8 Å². The van der Waals surface area contributed by atoms with Gasteiger partial charge in [0.1, 0.15) is 23.3 Å². The number of amides is 1. The molecule has 1 fully saturated rings. The van der Waals surface area contributed by atoms with E-state index in [4.69, 9.17) is 35.2 Å². The van der Waals surface area contributed by atoms with E-state index in [-0.39, 0.29) is 23.8 Å². The third-order valence-electron chi connectivity index (χ3n) is 7.74. The largest absolute Gasteiger partial charge is 0.491 e. The van der Waals surface area contributed by atoms with Gasteiger partial charge in [-0.3, -0.25) is 0 Å². The molecule has 1 N–H and O–H groups in total. The number of nitrogens with zero attached hydrogens (tertiary/aromatic N) is 3. The molecule has 1 saturated heterocycles. The van der Waals surface area contributed by atoms with Crippen molar-refractivity contribution in [1.29, 1.82) is 0 Å². The Balaban J connectivity index is 1.84. The molecule has 2 aromatic rings. The molecular formula is C30H47ClN4O5Si. The third-order valence-corrected chi connectivity index (χ3v) is 12.6. The zero-order valence-corrected chi connectivity index (χ0v) is 28.0. The van der Waals surface area contributed by atoms with Crippen LogP contribution in [0, 0.1) is 6.92 Å². The molecular weight excluding hydrogens is 560 g/mol. The summed E-state index contributed by atoms with van der Waals surface area (Å²) in [6, 6.07) is 7.81. The van der Waals surface area contributed by atoms with Gasteiger partial charge in [-0.15, -0.1) is 0 Å². The van der Waals surface area contributed by atoms with Crippen LogP contribution in [0.4, 0.5) is 10.6 Å². The van der Waals surface area contributed by atoms with Crippen molar-refractivity contribution in [3.63, 3.8) is 0 Å². The number of hydrogen-bond donors (Lipinski definition) is 1. The summed E-state index contributed by atoms with van der Waals surface area (Å²) in [5, 5.41) is 3.83. The predicted octanol–water partition coefficient (Wildman–Crippen LogP) is 6.94. The summed E-state index contributed by atoms with van der Waals surface area (Å²) < 4.78 is 23.7. The molecule has 2 atom stereocenters. The number of aromatic nitrogens is 2. The van der Waals surface area contributed by atoms with Crippen LogP contribution in [0.15, 0.2) is 24.3 Å². The highest BCUT2D eigenvalue weighted by atomic mass is 35.5. The average molecular weight is 607 g/mol. The highest BCUT2D eigenvalue weighted by Crippen LogP contribution is 2.38. The lowest BCUT2D eigenvalue weighted by Gasteiger charge is -2.42. The van der Waals surface area contributed by atoms with Gasteiger partial charge in [0.2, 0.25) is 0 Å². The van der Waals surface area contributed by atoms with Crippen LogP contribution >= 0.6 is 11.6 Å². The zero-order chi connectivity index (χ0) is 30.6. The maximum Gasteiger partial charge on any atom is 0.410 e. The molecule has 3 rings (SSSR count). The lowest BCUT2D eigenvalue weighted by Crippen LogP contribution is -2.54. The fraction of sp³-hybridized carbons (Fsp3) is 0.633. The minimum atomic E-state index is -2.18. The maximum absolute atomic E-state index is 12.7. The van der Waals surface area contributed by atoms with Gasteiger partial charge in [0.05, 0.1) is 32.4 Å². The first-order valence-corrected chi connectivity index (χ1v) is 17.5. The Kier molecular flexibility index (Phi) is 10.7. The van der Waals surface area contributed by atoms with Crippen molar-refractivity contribution in [3.05, 3.63) is 35.0 Å². The monoisotopic (exact) mass is 606 g/mol. The highest BCUT2D eigenvalue weighted by Gasteiger charge is 2.41. The molecule has 1 amide bonds. The molecule has 0 radical (unpaired) electrons. The summed E-state index contributed by atoms with van der Waals surface area (Å²) >= 11 is 6.51. The quantitative estimate of drug-likeness (QED) is 0.229. The van der Waals surface area contributed by atoms with Crippen LogP contribution in [0.25, 0.3) is 11.4 Å². The number of anilines is 1. The minimum absolute atomic E-state index is 0.0125. The summed E-state index contributed by atoms with van der Waals surface area (Å²) in [5.74, 6) is 1.85. The predicted molar refractivity (Wildman–Crippen MR) is 166 cm³/mol. The van der Waals surface area contributed by atoms with E-state index in [1.165, 1.54) is 7.11 Å². The molecule has 1 aliphatic heterocycles. The van der Waals surface area contributed by atoms with Crippen molar-refractivity contribution in [1.82, 2.24) is 14.9 Å². The van der Waals surface area contributed by atoms with Gasteiger partial charge in [-0.1, -0.05) is 44.5 Å². The molecule has 228 valence electrons. The Hall–Kier alpha value is -2.40. The van der Waals surface area contributed by atoms with Crippen LogP contribution in [0.3, 0.4) is 0 Å². The van der Waals surface area contributed by atoms with Crippen LogP contribution in [0.1, 0.15) is 53.5 Å². The van der Waals surface area contributed by atoms with E-state index in [1.54, 1.807) is 4.90 Å². The van der Waals surface area contributed by atoms with E-state index in [0.29, 0.717) is 35.7 Å². The Morgan fingerprint density at radius 3 is 2.51 bits per heavy atom. The fourth-order valence-electron chi connectivity index (χ4n) is 4.17. The van der Waals surface area contributed by atoms with Crippen molar-refractivity contribution < 1.29 is 23.4 Å². The molecule has 9 nitrogen and oxygen atoms in total. The first-order valence-electron chi connectivity index (χ1n) is 14.2. The molecule has 1 aromatic heterocycles. The molecule has 0 saturated carbocycles. The van der Waals surface area contributed by atoms with Crippen LogP contribution in [-0.2, 0) is 13.9 Å². The number of nitrogens with one attached hydrogen (secondary N) is 1. The topological polar surface area (TPSA) is 95.0 Å². The van der Waals surface area contributed by atoms with Crippen molar-refractivity contribution >= 4 is 31.8 Å². The zero-order valence-electron chi connectivity index (χ0n) is 26.3. The number of ether oxygens (including phenoxy) is 3. The van der Waals surface area contributed by atoms with Crippen LogP contribution in [0.5, 0.6) is 5.75 Å². The number of halogens is 1. The first-order chi connectivity index (χ1) is 19.0. The van der Waals surface area contributed by atoms with Crippen molar-refractivity contribution in [3.8, 4) is 17.1 Å². The summed E-state index contributed by atoms with van der Waals surface area (Å²) in [6.07, 6.45) is 0.151. The normalized spacial score (nSPS) is 16.8. The van der Waals surface area contributed by atoms with E-state index >= 15 is 0 Å². The van der Waals surface area contributed by atoms with Gasteiger partial charge in [0.15, 0.2) is 14.1 Å². The minimum Gasteiger partial charge on any atom is -0.491 e. The molecule has 1 unspecified atom stereocenters. The maximum atomic E-state index is 12.7. The smallest absolute Gasteiger partial charge is 0.410 e. The standard InChI is InChI=1S/C30H47ClN4O5Si/c1-20-25(31)33-27(34-26(20)32-22-14-15-38-18-22)21-12-11-13-23(16-21)39-19-24(40-41(9,10)30(5,6)7)17-35(28(36)37-8)29(2,3)4/h11-13,16,22,24H,14-15,17-19H2,1-10H3,(H,32,33,34)/t22-,24?/m1/s1. The lowest BCUT2D eigenvalue weighted by molar-refractivity contribution is 0.0338. The van der Waals surface area contributed by atoms with E-state index in [2.05, 4.69) is 44.2 Å². The fourth-order valence-corrected chi connectivity index (χ4v) is 5.67. The SMILES string of the molecule is COC(=O)N(CC(COc1cccc(-c2nc(Cl)c(C)c(N[C@@H]3CCOC3)n2)c1)O[Si](C)(C)C(C)(C)C)C(C)(C)C. The lowest BCUT2D eigenvalue weighted by atomic mass is 10.1. The van der Waals surface area contributed by atoms with Gasteiger partial charge in [0.25, 0.3) is 0 Å². The van der Waals surface area contributed by atoms with Crippen molar-refractivity contribution in [2.24, 2.45) is 0 Å². The summed E-state index contributed by atoms with van der Waals surface area (Å²) in [6.45, 7) is 20.8. The summed E-state index contributed by atoms with van der Waals surface area (Å²) in [7, 11) is -0.786. The van der Waals surface area contributed by atoms with E-state index in [0.717, 1.165) is 24.2 Å². The number of hydrogen-bond acceptors (Lipinski definition) is 8. The summed E-state index contributed by atoms with van der Waals surface area (Å²) in [4.78, 5) is 23.7. The first kappa shape index (κ1) is 33.1. The Bertz CT molecular complexity index is 1190. The van der Waals surface area contributed by atoms with Crippen molar-refractivity contribution in [2.45, 2.75) is 90.7 Å². The Morgan fingerprint density at radius 2 is 1.93 bits per heavy atom. The van der Waals surface area contributed by atoms with Crippen LogP contribution in [0.2, 0.25) is 23.3 Å². The van der Waals surface area contributed by atoms with Gasteiger partial charge in [-0.2, -0.15) is 0 Å². The Morgan fingerprint density at radius 1 is 1.22 bits per heavy atom. The van der Waals surface area contributed by atoms with Crippen LogP contribution < -0.4 is 10.1 Å². The number of benzene rings is 1. The number of carbonyl (C=O) groups excluding carboxylic acids is 1. The van der Waals surface area contributed by atoms with Gasteiger partial charge in [-0.05, 0) is 64.4 Å². The molecule has 11 heteroatoms. The third kappa shape index (κ3) is 8.80. The molecule has 0 bridgehead atoms. The van der Waals surface area contributed by atoms with Gasteiger partial charge >= 0.3 is 6.09 Å². The molecule has 0 spiro atoms. The molecule has 2 heterocycles. The highest BCUT2D eigenvalue weighted by molar-refractivity contribution is 6.74.